The Kier molecular flexibility index (Phi) is 4.78. The SMILES string of the molecule is CC1CC1NC(=NCc1ccccc1)NCCc1ccco1. The van der Waals surface area contributed by atoms with E-state index in [1.807, 2.05) is 30.3 Å². The molecule has 0 amide bonds. The maximum Gasteiger partial charge on any atom is 0.191 e. The van der Waals surface area contributed by atoms with Crippen LogP contribution in [0.3, 0.4) is 0 Å². The predicted molar refractivity (Wildman–Crippen MR) is 88.7 cm³/mol. The molecule has 1 aromatic carbocycles. The molecular weight excluding hydrogens is 274 g/mol. The van der Waals surface area contributed by atoms with Crippen LogP contribution in [0.4, 0.5) is 0 Å². The zero-order chi connectivity index (χ0) is 15.2. The molecule has 2 atom stereocenters. The lowest BCUT2D eigenvalue weighted by Crippen LogP contribution is -2.40. The van der Waals surface area contributed by atoms with Crippen LogP contribution in [0, 0.1) is 5.92 Å². The summed E-state index contributed by atoms with van der Waals surface area (Å²) < 4.78 is 5.35. The zero-order valence-corrected chi connectivity index (χ0v) is 13.0. The van der Waals surface area contributed by atoms with E-state index in [0.29, 0.717) is 12.6 Å². The third kappa shape index (κ3) is 4.38. The van der Waals surface area contributed by atoms with E-state index in [9.17, 15) is 0 Å². The van der Waals surface area contributed by atoms with Crippen molar-refractivity contribution in [3.8, 4) is 0 Å². The first-order valence-corrected chi connectivity index (χ1v) is 7.92. The number of furan rings is 1. The van der Waals surface area contributed by atoms with Crippen molar-refractivity contribution in [2.75, 3.05) is 6.54 Å². The van der Waals surface area contributed by atoms with Crippen molar-refractivity contribution in [1.29, 1.82) is 0 Å². The fourth-order valence-corrected chi connectivity index (χ4v) is 2.36. The molecule has 1 saturated carbocycles. The van der Waals surface area contributed by atoms with Crippen LogP contribution in [0.2, 0.25) is 0 Å². The lowest BCUT2D eigenvalue weighted by atomic mass is 10.2. The minimum atomic E-state index is 0.561. The Labute approximate surface area is 131 Å². The molecule has 116 valence electrons. The summed E-state index contributed by atoms with van der Waals surface area (Å²) in [4.78, 5) is 4.69. The summed E-state index contributed by atoms with van der Waals surface area (Å²) in [6, 6.07) is 14.8. The summed E-state index contributed by atoms with van der Waals surface area (Å²) in [7, 11) is 0. The Hall–Kier alpha value is -2.23. The van der Waals surface area contributed by atoms with Crippen molar-refractivity contribution >= 4 is 5.96 Å². The van der Waals surface area contributed by atoms with E-state index in [0.717, 1.165) is 30.6 Å². The first kappa shape index (κ1) is 14.7. The Balaban J connectivity index is 1.54. The molecule has 0 aliphatic heterocycles. The highest BCUT2D eigenvalue weighted by Crippen LogP contribution is 2.28. The molecule has 0 spiro atoms. The molecule has 4 nitrogen and oxygen atoms in total. The van der Waals surface area contributed by atoms with Crippen LogP contribution in [-0.4, -0.2) is 18.5 Å². The van der Waals surface area contributed by atoms with Crippen molar-refractivity contribution in [3.63, 3.8) is 0 Å². The number of benzene rings is 1. The van der Waals surface area contributed by atoms with E-state index in [4.69, 9.17) is 9.41 Å². The van der Waals surface area contributed by atoms with E-state index >= 15 is 0 Å². The van der Waals surface area contributed by atoms with Gasteiger partial charge in [0.2, 0.25) is 0 Å². The van der Waals surface area contributed by atoms with Gasteiger partial charge in [-0.05, 0) is 30.0 Å². The van der Waals surface area contributed by atoms with Gasteiger partial charge in [0.25, 0.3) is 0 Å². The second-order valence-electron chi connectivity index (χ2n) is 5.87. The largest absolute Gasteiger partial charge is 0.469 e. The molecule has 1 aliphatic rings. The quantitative estimate of drug-likeness (QED) is 0.636. The molecule has 2 N–H and O–H groups in total. The molecule has 22 heavy (non-hydrogen) atoms. The van der Waals surface area contributed by atoms with Gasteiger partial charge < -0.3 is 15.1 Å². The van der Waals surface area contributed by atoms with Gasteiger partial charge in [-0.1, -0.05) is 37.3 Å². The predicted octanol–water partition coefficient (Wildman–Crippen LogP) is 2.97. The number of nitrogens with one attached hydrogen (secondary N) is 2. The molecule has 0 bridgehead atoms. The summed E-state index contributed by atoms with van der Waals surface area (Å²) in [6.07, 6.45) is 3.80. The van der Waals surface area contributed by atoms with Crippen molar-refractivity contribution in [2.24, 2.45) is 10.9 Å². The Morgan fingerprint density at radius 1 is 1.23 bits per heavy atom. The number of aliphatic imine (C=N–C) groups is 1. The molecule has 1 heterocycles. The Morgan fingerprint density at radius 2 is 2.05 bits per heavy atom. The van der Waals surface area contributed by atoms with Crippen LogP contribution >= 0.6 is 0 Å². The van der Waals surface area contributed by atoms with Gasteiger partial charge in [-0.3, -0.25) is 0 Å². The second-order valence-corrected chi connectivity index (χ2v) is 5.87. The van der Waals surface area contributed by atoms with E-state index in [1.165, 1.54) is 12.0 Å². The number of nitrogens with zero attached hydrogens (tertiary/aromatic N) is 1. The molecule has 1 aliphatic carbocycles. The monoisotopic (exact) mass is 297 g/mol. The highest BCUT2D eigenvalue weighted by Gasteiger charge is 2.33. The molecule has 3 rings (SSSR count). The smallest absolute Gasteiger partial charge is 0.191 e. The number of hydrogen-bond acceptors (Lipinski definition) is 2. The van der Waals surface area contributed by atoms with Gasteiger partial charge in [0.15, 0.2) is 5.96 Å². The molecule has 0 radical (unpaired) electrons. The first-order valence-electron chi connectivity index (χ1n) is 7.92. The van der Waals surface area contributed by atoms with Gasteiger partial charge in [-0.25, -0.2) is 4.99 Å². The van der Waals surface area contributed by atoms with E-state index in [2.05, 4.69) is 29.7 Å². The van der Waals surface area contributed by atoms with Crippen LogP contribution in [0.15, 0.2) is 58.1 Å². The summed E-state index contributed by atoms with van der Waals surface area (Å²) in [5.74, 6) is 2.63. The van der Waals surface area contributed by atoms with Gasteiger partial charge in [0.05, 0.1) is 12.8 Å². The Bertz CT molecular complexity index is 592. The van der Waals surface area contributed by atoms with Crippen molar-refractivity contribution in [1.82, 2.24) is 10.6 Å². The van der Waals surface area contributed by atoms with E-state index < -0.39 is 0 Å². The summed E-state index contributed by atoms with van der Waals surface area (Å²) in [5, 5.41) is 6.90. The molecule has 0 saturated heterocycles. The van der Waals surface area contributed by atoms with Crippen molar-refractivity contribution < 1.29 is 4.42 Å². The topological polar surface area (TPSA) is 49.6 Å². The third-order valence-corrected chi connectivity index (χ3v) is 3.94. The molecule has 2 aromatic rings. The van der Waals surface area contributed by atoms with Crippen LogP contribution in [0.1, 0.15) is 24.7 Å². The average molecular weight is 297 g/mol. The summed E-state index contributed by atoms with van der Waals surface area (Å²) in [6.45, 7) is 3.77. The standard InChI is InChI=1S/C18H23N3O/c1-14-12-17(14)21-18(19-10-9-16-8-5-11-22-16)20-13-15-6-3-2-4-7-15/h2-8,11,14,17H,9-10,12-13H2,1H3,(H2,19,20,21). The second kappa shape index (κ2) is 7.16. The lowest BCUT2D eigenvalue weighted by molar-refractivity contribution is 0.506. The third-order valence-electron chi connectivity index (χ3n) is 3.94. The summed E-state index contributed by atoms with van der Waals surface area (Å²) in [5.41, 5.74) is 1.22. The van der Waals surface area contributed by atoms with Gasteiger partial charge in [-0.2, -0.15) is 0 Å². The molecular formula is C18H23N3O. The highest BCUT2D eigenvalue weighted by atomic mass is 16.3. The van der Waals surface area contributed by atoms with Crippen LogP contribution < -0.4 is 10.6 Å². The summed E-state index contributed by atoms with van der Waals surface area (Å²) >= 11 is 0. The molecule has 1 fully saturated rings. The van der Waals surface area contributed by atoms with Gasteiger partial charge in [-0.15, -0.1) is 0 Å². The minimum Gasteiger partial charge on any atom is -0.469 e. The maximum atomic E-state index is 5.35. The average Bonchev–Trinajstić information content (AvgIpc) is 3.01. The molecule has 4 heteroatoms. The number of guanidine groups is 1. The molecule has 2 unspecified atom stereocenters. The highest BCUT2D eigenvalue weighted by molar-refractivity contribution is 5.80. The van der Waals surface area contributed by atoms with Crippen LogP contribution in [-0.2, 0) is 13.0 Å². The van der Waals surface area contributed by atoms with Gasteiger partial charge in [0.1, 0.15) is 5.76 Å². The van der Waals surface area contributed by atoms with Crippen molar-refractivity contribution in [2.45, 2.75) is 32.4 Å². The fourth-order valence-electron chi connectivity index (χ4n) is 2.36. The lowest BCUT2D eigenvalue weighted by Gasteiger charge is -2.12. The van der Waals surface area contributed by atoms with Crippen LogP contribution in [0.5, 0.6) is 0 Å². The molecule has 1 aromatic heterocycles. The number of hydrogen-bond donors (Lipinski definition) is 2. The minimum absolute atomic E-state index is 0.561. The number of rotatable bonds is 6. The van der Waals surface area contributed by atoms with Gasteiger partial charge >= 0.3 is 0 Å². The zero-order valence-electron chi connectivity index (χ0n) is 13.0. The van der Waals surface area contributed by atoms with Crippen molar-refractivity contribution in [3.05, 3.63) is 60.1 Å². The Morgan fingerprint density at radius 3 is 2.73 bits per heavy atom. The fraction of sp³-hybridized carbons (Fsp3) is 0.389. The first-order chi connectivity index (χ1) is 10.8. The van der Waals surface area contributed by atoms with E-state index in [-0.39, 0.29) is 0 Å². The van der Waals surface area contributed by atoms with Gasteiger partial charge in [0, 0.05) is 19.0 Å². The van der Waals surface area contributed by atoms with Crippen LogP contribution in [0.25, 0.3) is 0 Å². The normalized spacial score (nSPS) is 20.7. The maximum absolute atomic E-state index is 5.35. The van der Waals surface area contributed by atoms with E-state index in [1.54, 1.807) is 6.26 Å².